The van der Waals surface area contributed by atoms with E-state index in [1.165, 1.54) is 41.7 Å². The highest BCUT2D eigenvalue weighted by Crippen LogP contribution is 2.33. The average Bonchev–Trinajstić information content (AvgIpc) is 3.71. The Balaban J connectivity index is 1.06. The van der Waals surface area contributed by atoms with Crippen molar-refractivity contribution in [3.05, 3.63) is 107 Å². The third-order valence-corrected chi connectivity index (χ3v) is 10.8. The molecule has 2 N–H and O–H groups in total. The smallest absolute Gasteiger partial charge is 0.262 e. The molecule has 1 aliphatic heterocycles. The summed E-state index contributed by atoms with van der Waals surface area (Å²) in [6.45, 7) is 3.36. The molecule has 6 rings (SSSR count). The molecule has 1 saturated heterocycles. The molecular formula is C38H45N3O2S. The molecule has 230 valence electrons. The molecular weight excluding hydrogens is 563 g/mol. The molecule has 4 aromatic rings. The summed E-state index contributed by atoms with van der Waals surface area (Å²) in [5, 5.41) is 7.73. The van der Waals surface area contributed by atoms with Crippen LogP contribution in [0.15, 0.2) is 91.0 Å². The predicted octanol–water partition coefficient (Wildman–Crippen LogP) is 7.75. The van der Waals surface area contributed by atoms with E-state index in [-0.39, 0.29) is 17.9 Å². The molecule has 2 aliphatic rings. The van der Waals surface area contributed by atoms with Crippen LogP contribution in [-0.4, -0.2) is 41.4 Å². The van der Waals surface area contributed by atoms with Gasteiger partial charge >= 0.3 is 0 Å². The van der Waals surface area contributed by atoms with E-state index in [2.05, 4.69) is 70.1 Å². The fourth-order valence-corrected chi connectivity index (χ4v) is 8.09. The zero-order valence-electron chi connectivity index (χ0n) is 25.7. The third-order valence-electron chi connectivity index (χ3n) is 9.68. The highest BCUT2D eigenvalue weighted by atomic mass is 32.1. The molecule has 1 unspecified atom stereocenters. The van der Waals surface area contributed by atoms with E-state index in [1.807, 2.05) is 36.4 Å². The number of thiophene rings is 1. The van der Waals surface area contributed by atoms with Crippen LogP contribution in [0.3, 0.4) is 0 Å². The number of hydrogen-bond acceptors (Lipinski definition) is 4. The Hall–Kier alpha value is -3.48. The molecule has 44 heavy (non-hydrogen) atoms. The Labute approximate surface area is 266 Å². The maximum Gasteiger partial charge on any atom is 0.262 e. The number of carbonyl (C=O) groups excluding carboxylic acids is 2. The predicted molar refractivity (Wildman–Crippen MR) is 181 cm³/mol. The van der Waals surface area contributed by atoms with E-state index < -0.39 is 5.54 Å². The van der Waals surface area contributed by atoms with Gasteiger partial charge in [-0.3, -0.25) is 14.5 Å². The van der Waals surface area contributed by atoms with Crippen molar-refractivity contribution in [1.82, 2.24) is 15.5 Å². The maximum absolute atomic E-state index is 14.0. The maximum atomic E-state index is 14.0. The Morgan fingerprint density at radius 1 is 0.864 bits per heavy atom. The number of piperidine rings is 1. The zero-order chi connectivity index (χ0) is 30.2. The van der Waals surface area contributed by atoms with Crippen LogP contribution in [0, 0.1) is 5.92 Å². The van der Waals surface area contributed by atoms with Crippen molar-refractivity contribution in [2.24, 2.45) is 5.92 Å². The van der Waals surface area contributed by atoms with E-state index in [4.69, 9.17) is 0 Å². The van der Waals surface area contributed by atoms with Gasteiger partial charge in [0, 0.05) is 17.3 Å². The summed E-state index contributed by atoms with van der Waals surface area (Å²) in [4.78, 5) is 30.7. The van der Waals surface area contributed by atoms with Crippen molar-refractivity contribution >= 4 is 33.2 Å². The first-order valence-electron chi connectivity index (χ1n) is 16.5. The van der Waals surface area contributed by atoms with Crippen LogP contribution in [0.2, 0.25) is 0 Å². The normalized spacial score (nSPS) is 17.8. The van der Waals surface area contributed by atoms with E-state index in [1.54, 1.807) is 0 Å². The summed E-state index contributed by atoms with van der Waals surface area (Å²) in [7, 11) is 0. The van der Waals surface area contributed by atoms with Gasteiger partial charge in [0.15, 0.2) is 0 Å². The first kappa shape index (κ1) is 30.5. The lowest BCUT2D eigenvalue weighted by atomic mass is 9.89. The summed E-state index contributed by atoms with van der Waals surface area (Å²) in [6, 6.07) is 31.3. The number of hydrogen-bond donors (Lipinski definition) is 2. The molecule has 1 saturated carbocycles. The number of rotatable bonds is 12. The lowest BCUT2D eigenvalue weighted by Gasteiger charge is -2.33. The van der Waals surface area contributed by atoms with Gasteiger partial charge in [0.05, 0.1) is 4.88 Å². The number of fused-ring (bicyclic) bond motifs is 1. The van der Waals surface area contributed by atoms with Crippen LogP contribution >= 0.6 is 11.3 Å². The zero-order valence-corrected chi connectivity index (χ0v) is 26.5. The standard InChI is InChI=1S/C38H45N3O2S/c42-36(35-27-32-17-7-8-19-34(32)44-35)40-38(22-9-10-23-38)37(43)39-33(26-30-12-3-1-4-13-30)18-11-16-29-20-24-41(25-21-29)28-31-14-5-2-6-15-31/h1-8,12-15,17,19,27,29,33H,9-11,16,18,20-26,28H2,(H,39,43)(H,40,42). The van der Waals surface area contributed by atoms with E-state index in [0.717, 1.165) is 67.7 Å². The van der Waals surface area contributed by atoms with E-state index >= 15 is 0 Å². The molecule has 0 radical (unpaired) electrons. The van der Waals surface area contributed by atoms with Crippen molar-refractivity contribution in [2.45, 2.75) is 82.3 Å². The van der Waals surface area contributed by atoms with Crippen LogP contribution < -0.4 is 10.6 Å². The second-order valence-electron chi connectivity index (χ2n) is 12.9. The molecule has 6 heteroatoms. The van der Waals surface area contributed by atoms with Gasteiger partial charge in [-0.1, -0.05) is 105 Å². The van der Waals surface area contributed by atoms with Crippen molar-refractivity contribution in [2.75, 3.05) is 13.1 Å². The second kappa shape index (κ2) is 14.5. The Morgan fingerprint density at radius 3 is 2.23 bits per heavy atom. The number of nitrogens with zero attached hydrogens (tertiary/aromatic N) is 1. The highest BCUT2D eigenvalue weighted by molar-refractivity contribution is 7.20. The molecule has 1 aliphatic carbocycles. The molecule has 1 atom stereocenters. The lowest BCUT2D eigenvalue weighted by Crippen LogP contribution is -2.59. The van der Waals surface area contributed by atoms with Gasteiger partial charge in [0.2, 0.25) is 5.91 Å². The van der Waals surface area contributed by atoms with Crippen LogP contribution in [0.25, 0.3) is 10.1 Å². The Bertz CT molecular complexity index is 1470. The van der Waals surface area contributed by atoms with Gasteiger partial charge in [-0.25, -0.2) is 0 Å². The number of carbonyl (C=O) groups is 2. The summed E-state index contributed by atoms with van der Waals surface area (Å²) in [5.41, 5.74) is 1.79. The first-order chi connectivity index (χ1) is 21.6. The molecule has 0 bridgehead atoms. The Kier molecular flexibility index (Phi) is 10.1. The van der Waals surface area contributed by atoms with E-state index in [0.29, 0.717) is 17.7 Å². The molecule has 2 heterocycles. The van der Waals surface area contributed by atoms with E-state index in [9.17, 15) is 9.59 Å². The van der Waals surface area contributed by atoms with Gasteiger partial charge in [0.25, 0.3) is 5.91 Å². The van der Waals surface area contributed by atoms with Gasteiger partial charge in [-0.05, 0) is 86.2 Å². The van der Waals surface area contributed by atoms with Crippen molar-refractivity contribution in [3.8, 4) is 0 Å². The minimum Gasteiger partial charge on any atom is -0.351 e. The van der Waals surface area contributed by atoms with Crippen LogP contribution in [0.5, 0.6) is 0 Å². The second-order valence-corrected chi connectivity index (χ2v) is 14.0. The SMILES string of the molecule is O=C(NC1(C(=O)NC(CCCC2CCN(Cc3ccccc3)CC2)Cc2ccccc2)CCCC1)c1cc2ccccc2s1. The number of nitrogens with one attached hydrogen (secondary N) is 2. The quantitative estimate of drug-likeness (QED) is 0.173. The topological polar surface area (TPSA) is 61.4 Å². The fraction of sp³-hybridized carbons (Fsp3) is 0.421. The largest absolute Gasteiger partial charge is 0.351 e. The molecule has 2 amide bonds. The highest BCUT2D eigenvalue weighted by Gasteiger charge is 2.43. The summed E-state index contributed by atoms with van der Waals surface area (Å²) in [5.74, 6) is 0.595. The van der Waals surface area contributed by atoms with Crippen LogP contribution in [-0.2, 0) is 17.8 Å². The fourth-order valence-electron chi connectivity index (χ4n) is 7.14. The summed E-state index contributed by atoms with van der Waals surface area (Å²) >= 11 is 1.49. The monoisotopic (exact) mass is 607 g/mol. The third kappa shape index (κ3) is 7.77. The first-order valence-corrected chi connectivity index (χ1v) is 17.3. The minimum absolute atomic E-state index is 0.0142. The molecule has 1 aromatic heterocycles. The number of likely N-dealkylation sites (tertiary alicyclic amines) is 1. The van der Waals surface area contributed by atoms with Crippen LogP contribution in [0.4, 0.5) is 0 Å². The van der Waals surface area contributed by atoms with Crippen LogP contribution in [0.1, 0.15) is 78.6 Å². The average molecular weight is 608 g/mol. The van der Waals surface area contributed by atoms with Crippen molar-refractivity contribution < 1.29 is 9.59 Å². The molecule has 0 spiro atoms. The Morgan fingerprint density at radius 2 is 1.52 bits per heavy atom. The summed E-state index contributed by atoms with van der Waals surface area (Å²) < 4.78 is 1.09. The van der Waals surface area contributed by atoms with Gasteiger partial charge in [-0.2, -0.15) is 0 Å². The molecule has 2 fully saturated rings. The molecule has 3 aromatic carbocycles. The summed E-state index contributed by atoms with van der Waals surface area (Å²) in [6.07, 6.45) is 9.83. The van der Waals surface area contributed by atoms with Gasteiger partial charge in [-0.15, -0.1) is 11.3 Å². The van der Waals surface area contributed by atoms with Crippen molar-refractivity contribution in [1.29, 1.82) is 0 Å². The molecule has 5 nitrogen and oxygen atoms in total. The van der Waals surface area contributed by atoms with Crippen molar-refractivity contribution in [3.63, 3.8) is 0 Å². The van der Waals surface area contributed by atoms with Gasteiger partial charge < -0.3 is 10.6 Å². The van der Waals surface area contributed by atoms with Gasteiger partial charge in [0.1, 0.15) is 5.54 Å². The minimum atomic E-state index is -0.840. The lowest BCUT2D eigenvalue weighted by molar-refractivity contribution is -0.128. The number of amides is 2. The number of benzene rings is 3.